The fourth-order valence-electron chi connectivity index (χ4n) is 1.27. The Morgan fingerprint density at radius 3 is 2.94 bits per heavy atom. The first-order chi connectivity index (χ1) is 7.79. The smallest absolute Gasteiger partial charge is 0.315 e. The van der Waals surface area contributed by atoms with Crippen LogP contribution in [0.3, 0.4) is 0 Å². The summed E-state index contributed by atoms with van der Waals surface area (Å²) in [6.45, 7) is 1.13. The van der Waals surface area contributed by atoms with E-state index in [1.54, 1.807) is 6.20 Å². The van der Waals surface area contributed by atoms with Crippen LogP contribution in [-0.4, -0.2) is 26.8 Å². The van der Waals surface area contributed by atoms with Crippen molar-refractivity contribution in [1.82, 2.24) is 25.1 Å². The van der Waals surface area contributed by atoms with Gasteiger partial charge in [-0.25, -0.2) is 4.98 Å². The summed E-state index contributed by atoms with van der Waals surface area (Å²) in [5.74, 6) is 1.47. The molecule has 0 aliphatic carbocycles. The molecule has 0 atom stereocenters. The van der Waals surface area contributed by atoms with E-state index in [4.69, 9.17) is 4.42 Å². The fourth-order valence-corrected chi connectivity index (χ4v) is 1.27. The zero-order valence-electron chi connectivity index (χ0n) is 9.27. The summed E-state index contributed by atoms with van der Waals surface area (Å²) in [4.78, 5) is 4.17. The van der Waals surface area contributed by atoms with Crippen molar-refractivity contribution in [2.45, 2.75) is 13.1 Å². The number of hydrogen-bond donors (Lipinski definition) is 2. The summed E-state index contributed by atoms with van der Waals surface area (Å²) in [6.07, 6.45) is 3.63. The monoisotopic (exact) mass is 222 g/mol. The summed E-state index contributed by atoms with van der Waals surface area (Å²) in [6, 6.07) is 0.410. The van der Waals surface area contributed by atoms with Crippen LogP contribution in [0, 0.1) is 0 Å². The fraction of sp³-hybridized carbons (Fsp3) is 0.444. The quantitative estimate of drug-likeness (QED) is 0.748. The highest BCUT2D eigenvalue weighted by Crippen LogP contribution is 2.06. The molecule has 7 heteroatoms. The molecule has 2 aromatic heterocycles. The first-order valence-electron chi connectivity index (χ1n) is 4.96. The molecule has 86 valence electrons. The maximum Gasteiger partial charge on any atom is 0.315 e. The average molecular weight is 222 g/mol. The summed E-state index contributed by atoms with van der Waals surface area (Å²) in [5.41, 5.74) is 0. The highest BCUT2D eigenvalue weighted by atomic mass is 16.4. The standard InChI is InChI=1S/C9H14N6O/c1-10-6-8-13-14-9(16-8)12-5-7-11-3-4-15(7)2/h3-4,10H,5-6H2,1-2H3,(H,12,14). The number of anilines is 1. The van der Waals surface area contributed by atoms with Gasteiger partial charge in [-0.1, -0.05) is 5.10 Å². The van der Waals surface area contributed by atoms with Crippen molar-refractivity contribution in [3.05, 3.63) is 24.1 Å². The van der Waals surface area contributed by atoms with Crippen molar-refractivity contribution in [3.63, 3.8) is 0 Å². The molecule has 0 unspecified atom stereocenters. The van der Waals surface area contributed by atoms with Gasteiger partial charge in [0.2, 0.25) is 5.89 Å². The molecule has 0 saturated carbocycles. The Morgan fingerprint density at radius 1 is 1.38 bits per heavy atom. The molecule has 2 heterocycles. The second kappa shape index (κ2) is 4.75. The number of rotatable bonds is 5. The Morgan fingerprint density at radius 2 is 2.25 bits per heavy atom. The molecule has 0 fully saturated rings. The van der Waals surface area contributed by atoms with E-state index in [9.17, 15) is 0 Å². The molecule has 2 aromatic rings. The van der Waals surface area contributed by atoms with Gasteiger partial charge in [0.15, 0.2) is 0 Å². The lowest BCUT2D eigenvalue weighted by Crippen LogP contribution is -2.06. The topological polar surface area (TPSA) is 80.8 Å². The molecule has 16 heavy (non-hydrogen) atoms. The van der Waals surface area contributed by atoms with Crippen LogP contribution in [0.4, 0.5) is 6.01 Å². The Hall–Kier alpha value is -1.89. The maximum absolute atomic E-state index is 5.33. The third-order valence-electron chi connectivity index (χ3n) is 2.11. The van der Waals surface area contributed by atoms with Crippen LogP contribution in [0.25, 0.3) is 0 Å². The lowest BCUT2D eigenvalue weighted by Gasteiger charge is -2.01. The number of aromatic nitrogens is 4. The van der Waals surface area contributed by atoms with Crippen LogP contribution < -0.4 is 10.6 Å². The summed E-state index contributed by atoms with van der Waals surface area (Å²) in [7, 11) is 3.76. The van der Waals surface area contributed by atoms with E-state index in [1.165, 1.54) is 0 Å². The summed E-state index contributed by atoms with van der Waals surface area (Å²) < 4.78 is 7.26. The molecule has 2 rings (SSSR count). The van der Waals surface area contributed by atoms with Gasteiger partial charge in [-0.2, -0.15) is 0 Å². The van der Waals surface area contributed by atoms with Crippen molar-refractivity contribution in [2.75, 3.05) is 12.4 Å². The molecule has 0 radical (unpaired) electrons. The Bertz CT molecular complexity index is 448. The largest absolute Gasteiger partial charge is 0.407 e. The van der Waals surface area contributed by atoms with Gasteiger partial charge in [0.1, 0.15) is 5.82 Å². The predicted molar refractivity (Wildman–Crippen MR) is 57.6 cm³/mol. The molecule has 0 aliphatic heterocycles. The minimum atomic E-state index is 0.410. The summed E-state index contributed by atoms with van der Waals surface area (Å²) >= 11 is 0. The van der Waals surface area contributed by atoms with Gasteiger partial charge >= 0.3 is 6.01 Å². The third-order valence-corrected chi connectivity index (χ3v) is 2.11. The van der Waals surface area contributed by atoms with Gasteiger partial charge in [-0.3, -0.25) is 0 Å². The number of aryl methyl sites for hydroxylation is 1. The molecule has 7 nitrogen and oxygen atoms in total. The number of nitrogens with zero attached hydrogens (tertiary/aromatic N) is 4. The van der Waals surface area contributed by atoms with E-state index in [2.05, 4.69) is 25.8 Å². The van der Waals surface area contributed by atoms with E-state index in [-0.39, 0.29) is 0 Å². The molecule has 0 amide bonds. The van der Waals surface area contributed by atoms with Crippen molar-refractivity contribution in [1.29, 1.82) is 0 Å². The van der Waals surface area contributed by atoms with Crippen LogP contribution in [0.15, 0.2) is 16.8 Å². The Kier molecular flexibility index (Phi) is 3.16. The summed E-state index contributed by atoms with van der Waals surface area (Å²) in [5, 5.41) is 13.7. The van der Waals surface area contributed by atoms with Gasteiger partial charge in [-0.15, -0.1) is 5.10 Å². The van der Waals surface area contributed by atoms with E-state index in [0.29, 0.717) is 25.0 Å². The molecule has 0 saturated heterocycles. The van der Waals surface area contributed by atoms with Crippen LogP contribution in [0.1, 0.15) is 11.7 Å². The lowest BCUT2D eigenvalue weighted by atomic mass is 10.6. The van der Waals surface area contributed by atoms with Crippen LogP contribution in [-0.2, 0) is 20.1 Å². The van der Waals surface area contributed by atoms with Gasteiger partial charge in [0.05, 0.1) is 13.1 Å². The molecule has 2 N–H and O–H groups in total. The molecule has 0 bridgehead atoms. The van der Waals surface area contributed by atoms with E-state index in [1.807, 2.05) is 24.9 Å². The number of hydrogen-bond acceptors (Lipinski definition) is 6. The Balaban J connectivity index is 1.92. The minimum absolute atomic E-state index is 0.410. The van der Waals surface area contributed by atoms with E-state index < -0.39 is 0 Å². The molecule has 0 spiro atoms. The minimum Gasteiger partial charge on any atom is -0.407 e. The van der Waals surface area contributed by atoms with Crippen molar-refractivity contribution < 1.29 is 4.42 Å². The van der Waals surface area contributed by atoms with Crippen LogP contribution >= 0.6 is 0 Å². The third kappa shape index (κ3) is 2.37. The van der Waals surface area contributed by atoms with Gasteiger partial charge in [-0.05, 0) is 7.05 Å². The molecular weight excluding hydrogens is 208 g/mol. The zero-order valence-corrected chi connectivity index (χ0v) is 9.27. The molecular formula is C9H14N6O. The second-order valence-electron chi connectivity index (χ2n) is 3.34. The van der Waals surface area contributed by atoms with Crippen molar-refractivity contribution >= 4 is 6.01 Å². The van der Waals surface area contributed by atoms with Crippen molar-refractivity contribution in [3.8, 4) is 0 Å². The van der Waals surface area contributed by atoms with Gasteiger partial charge < -0.3 is 19.6 Å². The lowest BCUT2D eigenvalue weighted by molar-refractivity contribution is 0.488. The first-order valence-corrected chi connectivity index (χ1v) is 4.96. The maximum atomic E-state index is 5.33. The van der Waals surface area contributed by atoms with Gasteiger partial charge in [0.25, 0.3) is 0 Å². The number of nitrogens with one attached hydrogen (secondary N) is 2. The van der Waals surface area contributed by atoms with E-state index in [0.717, 1.165) is 5.82 Å². The van der Waals surface area contributed by atoms with Crippen molar-refractivity contribution in [2.24, 2.45) is 7.05 Å². The SMILES string of the molecule is CNCc1nnc(NCc2nccn2C)o1. The molecule has 0 aliphatic rings. The number of imidazole rings is 1. The second-order valence-corrected chi connectivity index (χ2v) is 3.34. The zero-order chi connectivity index (χ0) is 11.4. The first kappa shape index (κ1) is 10.6. The molecule has 0 aromatic carbocycles. The Labute approximate surface area is 92.9 Å². The highest BCUT2D eigenvalue weighted by molar-refractivity contribution is 5.17. The van der Waals surface area contributed by atoms with Gasteiger partial charge in [0, 0.05) is 19.4 Å². The predicted octanol–water partition coefficient (Wildman–Crippen LogP) is 0.135. The average Bonchev–Trinajstić information content (AvgIpc) is 2.86. The normalized spacial score (nSPS) is 10.6. The van der Waals surface area contributed by atoms with Crippen LogP contribution in [0.5, 0.6) is 0 Å². The van der Waals surface area contributed by atoms with Crippen LogP contribution in [0.2, 0.25) is 0 Å². The highest BCUT2D eigenvalue weighted by Gasteiger charge is 2.05. The van der Waals surface area contributed by atoms with E-state index >= 15 is 0 Å².